The minimum Gasteiger partial charge on any atom is -0.310 e. The van der Waals surface area contributed by atoms with E-state index in [0.717, 1.165) is 17.1 Å². The van der Waals surface area contributed by atoms with Gasteiger partial charge in [0.25, 0.3) is 0 Å². The lowest BCUT2D eigenvalue weighted by atomic mass is 9.93. The van der Waals surface area contributed by atoms with Crippen molar-refractivity contribution in [3.8, 4) is 44.5 Å². The lowest BCUT2D eigenvalue weighted by Crippen LogP contribution is -2.11. The number of hydrogen-bond donors (Lipinski definition) is 0. The first-order valence-electron chi connectivity index (χ1n) is 19.8. The molecule has 0 fully saturated rings. The Morgan fingerprint density at radius 1 is 0.276 bits per heavy atom. The summed E-state index contributed by atoms with van der Waals surface area (Å²) in [4.78, 5) is 2.46. The first-order chi connectivity index (χ1) is 28.7. The normalized spacial score (nSPS) is 11.4. The minimum atomic E-state index is 1.10. The van der Waals surface area contributed by atoms with Gasteiger partial charge in [0.1, 0.15) is 0 Å². The summed E-state index contributed by atoms with van der Waals surface area (Å²) in [7, 11) is 0. The van der Waals surface area contributed by atoms with Gasteiger partial charge in [-0.1, -0.05) is 182 Å². The van der Waals surface area contributed by atoms with E-state index in [4.69, 9.17) is 0 Å². The summed E-state index contributed by atoms with van der Waals surface area (Å²) in [6.45, 7) is 0. The van der Waals surface area contributed by atoms with E-state index in [2.05, 4.69) is 229 Å². The average molecular weight is 756 g/mol. The zero-order valence-corrected chi connectivity index (χ0v) is 32.5. The molecule has 10 aromatic carbocycles. The summed E-state index contributed by atoms with van der Waals surface area (Å²) in [6.07, 6.45) is 0. The molecule has 2 heteroatoms. The van der Waals surface area contributed by atoms with E-state index in [1.807, 2.05) is 11.3 Å². The number of benzene rings is 10. The number of nitrogens with zero attached hydrogens (tertiary/aromatic N) is 1. The van der Waals surface area contributed by atoms with Gasteiger partial charge in [-0.25, -0.2) is 0 Å². The van der Waals surface area contributed by atoms with E-state index < -0.39 is 0 Å². The average Bonchev–Trinajstić information content (AvgIpc) is 3.67. The van der Waals surface area contributed by atoms with Crippen LogP contribution < -0.4 is 4.90 Å². The fourth-order valence-electron chi connectivity index (χ4n) is 8.65. The fraction of sp³-hybridized carbons (Fsp3) is 0. The monoisotopic (exact) mass is 755 g/mol. The number of anilines is 3. The van der Waals surface area contributed by atoms with Crippen LogP contribution in [-0.4, -0.2) is 0 Å². The van der Waals surface area contributed by atoms with Gasteiger partial charge in [0, 0.05) is 37.1 Å². The second kappa shape index (κ2) is 14.4. The topological polar surface area (TPSA) is 3.24 Å². The van der Waals surface area contributed by atoms with Gasteiger partial charge in [-0.15, -0.1) is 11.3 Å². The van der Waals surface area contributed by atoms with E-state index in [1.165, 1.54) is 86.2 Å². The molecular formula is C56H37NS. The Balaban J connectivity index is 1.09. The summed E-state index contributed by atoms with van der Waals surface area (Å²) in [5.41, 5.74) is 12.9. The van der Waals surface area contributed by atoms with Gasteiger partial charge in [-0.05, 0) is 103 Å². The van der Waals surface area contributed by atoms with Gasteiger partial charge >= 0.3 is 0 Å². The van der Waals surface area contributed by atoms with E-state index in [1.54, 1.807) is 0 Å². The van der Waals surface area contributed by atoms with Crippen LogP contribution in [-0.2, 0) is 0 Å². The lowest BCUT2D eigenvalue weighted by Gasteiger charge is -2.29. The number of hydrogen-bond acceptors (Lipinski definition) is 2. The standard InChI is InChI=1S/C56H37NS/c1-2-13-41(14-3-1)51-33-29-44(50-25-12-18-40-16-5-7-22-48(40)50)36-54(51)57(46-32-34-53-52-23-8-9-26-55(52)58-56(53)37-46)45-30-27-38(28-31-45)42-19-10-20-43(35-42)49-24-11-17-39-15-4-6-21-47(39)49/h1-37H. The van der Waals surface area contributed by atoms with Crippen molar-refractivity contribution in [1.82, 2.24) is 0 Å². The zero-order valence-electron chi connectivity index (χ0n) is 31.7. The fourth-order valence-corrected chi connectivity index (χ4v) is 9.79. The molecule has 0 radical (unpaired) electrons. The maximum Gasteiger partial charge on any atom is 0.0546 e. The summed E-state index contributed by atoms with van der Waals surface area (Å²) in [6, 6.07) is 82.1. The number of thiophene rings is 1. The number of fused-ring (bicyclic) bond motifs is 5. The third-order valence-electron chi connectivity index (χ3n) is 11.5. The molecule has 58 heavy (non-hydrogen) atoms. The predicted molar refractivity (Wildman–Crippen MR) is 251 cm³/mol. The lowest BCUT2D eigenvalue weighted by molar-refractivity contribution is 1.29. The van der Waals surface area contributed by atoms with Crippen LogP contribution in [0.1, 0.15) is 0 Å². The van der Waals surface area contributed by atoms with Gasteiger partial charge in [-0.2, -0.15) is 0 Å². The summed E-state index contributed by atoms with van der Waals surface area (Å²) < 4.78 is 2.58. The molecule has 272 valence electrons. The third-order valence-corrected chi connectivity index (χ3v) is 12.6. The second-order valence-electron chi connectivity index (χ2n) is 14.9. The van der Waals surface area contributed by atoms with Crippen molar-refractivity contribution >= 4 is 70.1 Å². The van der Waals surface area contributed by atoms with Crippen molar-refractivity contribution in [2.75, 3.05) is 4.90 Å². The molecule has 0 atom stereocenters. The van der Waals surface area contributed by atoms with Crippen LogP contribution in [0.25, 0.3) is 86.2 Å². The van der Waals surface area contributed by atoms with Crippen LogP contribution >= 0.6 is 11.3 Å². The molecule has 11 rings (SSSR count). The summed E-state index contributed by atoms with van der Waals surface area (Å²) >= 11 is 1.86. The number of rotatable bonds is 7. The molecule has 0 saturated heterocycles. The Bertz CT molecular complexity index is 3270. The van der Waals surface area contributed by atoms with Crippen molar-refractivity contribution in [2.24, 2.45) is 0 Å². The molecule has 11 aromatic rings. The molecule has 0 N–H and O–H groups in total. The molecular weight excluding hydrogens is 719 g/mol. The first kappa shape index (κ1) is 34.0. The van der Waals surface area contributed by atoms with Gasteiger partial charge in [0.15, 0.2) is 0 Å². The summed E-state index contributed by atoms with van der Waals surface area (Å²) in [5, 5.41) is 7.60. The van der Waals surface area contributed by atoms with Crippen LogP contribution in [0.15, 0.2) is 224 Å². The molecule has 1 heterocycles. The van der Waals surface area contributed by atoms with Crippen LogP contribution in [0, 0.1) is 0 Å². The van der Waals surface area contributed by atoms with Crippen LogP contribution in [0.3, 0.4) is 0 Å². The highest BCUT2D eigenvalue weighted by atomic mass is 32.1. The van der Waals surface area contributed by atoms with Crippen molar-refractivity contribution in [3.05, 3.63) is 224 Å². The Kier molecular flexibility index (Phi) is 8.42. The maximum absolute atomic E-state index is 2.46. The highest BCUT2D eigenvalue weighted by Crippen LogP contribution is 2.46. The zero-order chi connectivity index (χ0) is 38.4. The molecule has 0 bridgehead atoms. The molecule has 1 nitrogen and oxygen atoms in total. The van der Waals surface area contributed by atoms with Gasteiger partial charge in [-0.3, -0.25) is 0 Å². The van der Waals surface area contributed by atoms with Crippen molar-refractivity contribution in [3.63, 3.8) is 0 Å². The molecule has 0 unspecified atom stereocenters. The molecule has 0 saturated carbocycles. The van der Waals surface area contributed by atoms with Gasteiger partial charge < -0.3 is 4.90 Å². The Morgan fingerprint density at radius 3 is 1.55 bits per heavy atom. The minimum absolute atomic E-state index is 1.10. The van der Waals surface area contributed by atoms with Gasteiger partial charge in [0.2, 0.25) is 0 Å². The van der Waals surface area contributed by atoms with Gasteiger partial charge in [0.05, 0.1) is 5.69 Å². The van der Waals surface area contributed by atoms with E-state index in [-0.39, 0.29) is 0 Å². The molecule has 0 aliphatic carbocycles. The third kappa shape index (κ3) is 6.03. The van der Waals surface area contributed by atoms with Crippen LogP contribution in [0.4, 0.5) is 17.1 Å². The van der Waals surface area contributed by atoms with E-state index in [0.29, 0.717) is 0 Å². The summed E-state index contributed by atoms with van der Waals surface area (Å²) in [5.74, 6) is 0. The molecule has 0 aliphatic heterocycles. The van der Waals surface area contributed by atoms with E-state index >= 15 is 0 Å². The predicted octanol–water partition coefficient (Wildman–Crippen LogP) is 16.5. The SMILES string of the molecule is c1ccc(-c2ccc(-c3cccc4ccccc34)cc2N(c2ccc(-c3cccc(-c4cccc5ccccc45)c3)cc2)c2ccc3c(c2)sc2ccccc23)cc1. The molecule has 1 aromatic heterocycles. The molecule has 0 spiro atoms. The maximum atomic E-state index is 2.46. The molecule has 0 amide bonds. The van der Waals surface area contributed by atoms with E-state index in [9.17, 15) is 0 Å². The smallest absolute Gasteiger partial charge is 0.0546 e. The Labute approximate surface area is 342 Å². The largest absolute Gasteiger partial charge is 0.310 e. The van der Waals surface area contributed by atoms with Crippen LogP contribution in [0.2, 0.25) is 0 Å². The van der Waals surface area contributed by atoms with Crippen molar-refractivity contribution in [1.29, 1.82) is 0 Å². The Hall–Kier alpha value is -7.26. The molecule has 0 aliphatic rings. The second-order valence-corrected chi connectivity index (χ2v) is 16.0. The highest BCUT2D eigenvalue weighted by Gasteiger charge is 2.20. The van der Waals surface area contributed by atoms with Crippen molar-refractivity contribution < 1.29 is 0 Å². The Morgan fingerprint density at radius 2 is 0.810 bits per heavy atom. The van der Waals surface area contributed by atoms with Crippen molar-refractivity contribution in [2.45, 2.75) is 0 Å². The quantitative estimate of drug-likeness (QED) is 0.157. The van der Waals surface area contributed by atoms with Crippen LogP contribution in [0.5, 0.6) is 0 Å². The highest BCUT2D eigenvalue weighted by molar-refractivity contribution is 7.25. The first-order valence-corrected chi connectivity index (χ1v) is 20.6.